The predicted molar refractivity (Wildman–Crippen MR) is 43.0 cm³/mol. The third-order valence-corrected chi connectivity index (χ3v) is 2.43. The highest BCUT2D eigenvalue weighted by atomic mass is 35.5. The lowest BCUT2D eigenvalue weighted by Crippen LogP contribution is -2.04. The molecule has 5 heteroatoms. The Morgan fingerprint density at radius 2 is 2.00 bits per heavy atom. The quantitative estimate of drug-likeness (QED) is 0.635. The van der Waals surface area contributed by atoms with E-state index in [2.05, 4.69) is 0 Å². The van der Waals surface area contributed by atoms with Crippen LogP contribution in [0.25, 0.3) is 0 Å². The molecule has 0 heterocycles. The van der Waals surface area contributed by atoms with Crippen LogP contribution in [0.3, 0.4) is 0 Å². The first-order valence-corrected chi connectivity index (χ1v) is 4.74. The molecular formula is C6H10ClF3S. The van der Waals surface area contributed by atoms with Crippen molar-refractivity contribution in [3.05, 3.63) is 0 Å². The number of rotatable bonds is 4. The van der Waals surface area contributed by atoms with Crippen molar-refractivity contribution in [2.45, 2.75) is 18.9 Å². The zero-order chi connectivity index (χ0) is 8.91. The molecule has 0 N–H and O–H groups in total. The second kappa shape index (κ2) is 5.14. The molecule has 0 aromatic heterocycles. The first kappa shape index (κ1) is 11.4. The van der Waals surface area contributed by atoms with Crippen molar-refractivity contribution in [3.8, 4) is 0 Å². The Kier molecular flexibility index (Phi) is 5.34. The summed E-state index contributed by atoms with van der Waals surface area (Å²) in [6.45, 7) is 1.84. The summed E-state index contributed by atoms with van der Waals surface area (Å²) in [4.78, 5) is 0. The van der Waals surface area contributed by atoms with Crippen molar-refractivity contribution in [1.29, 1.82) is 0 Å². The topological polar surface area (TPSA) is 0 Å². The molecule has 0 saturated heterocycles. The number of alkyl halides is 4. The van der Waals surface area contributed by atoms with E-state index in [0.717, 1.165) is 0 Å². The molecule has 0 radical (unpaired) electrons. The van der Waals surface area contributed by atoms with Crippen LogP contribution >= 0.6 is 23.4 Å². The lowest BCUT2D eigenvalue weighted by molar-refractivity contribution is -0.0328. The summed E-state index contributed by atoms with van der Waals surface area (Å²) in [5, 5.41) is 0. The van der Waals surface area contributed by atoms with E-state index in [9.17, 15) is 13.2 Å². The molecule has 0 saturated carbocycles. The van der Waals surface area contributed by atoms with Gasteiger partial charge in [0.05, 0.1) is 0 Å². The molecule has 0 aromatic rings. The fourth-order valence-corrected chi connectivity index (χ4v) is 1.36. The van der Waals surface area contributed by atoms with Gasteiger partial charge in [0.2, 0.25) is 0 Å². The molecule has 0 aliphatic heterocycles. The summed E-state index contributed by atoms with van der Waals surface area (Å²) < 4.78 is 34.6. The van der Waals surface area contributed by atoms with Crippen LogP contribution in [0.15, 0.2) is 0 Å². The van der Waals surface area contributed by atoms with Gasteiger partial charge in [0, 0.05) is 11.6 Å². The smallest absolute Gasteiger partial charge is 0.160 e. The maximum Gasteiger partial charge on any atom is 0.441 e. The highest BCUT2D eigenvalue weighted by molar-refractivity contribution is 8.00. The molecule has 11 heavy (non-hydrogen) atoms. The van der Waals surface area contributed by atoms with Crippen LogP contribution in [0.2, 0.25) is 0 Å². The molecule has 1 atom stereocenters. The van der Waals surface area contributed by atoms with Gasteiger partial charge in [-0.15, -0.1) is 11.6 Å². The minimum absolute atomic E-state index is 0.0186. The Morgan fingerprint density at radius 1 is 1.45 bits per heavy atom. The monoisotopic (exact) mass is 206 g/mol. The highest BCUT2D eigenvalue weighted by Gasteiger charge is 2.27. The van der Waals surface area contributed by atoms with E-state index in [-0.39, 0.29) is 23.4 Å². The van der Waals surface area contributed by atoms with Crippen LogP contribution in [-0.4, -0.2) is 17.1 Å². The Hall–Kier alpha value is 0.430. The van der Waals surface area contributed by atoms with Gasteiger partial charge in [-0.25, -0.2) is 0 Å². The summed E-state index contributed by atoms with van der Waals surface area (Å²) in [5.74, 6) is 0.710. The Labute approximate surface area is 73.5 Å². The van der Waals surface area contributed by atoms with Crippen molar-refractivity contribution in [2.24, 2.45) is 5.92 Å². The summed E-state index contributed by atoms with van der Waals surface area (Å²) in [6, 6.07) is 0. The van der Waals surface area contributed by atoms with Crippen molar-refractivity contribution in [1.82, 2.24) is 0 Å². The van der Waals surface area contributed by atoms with E-state index in [1.165, 1.54) is 0 Å². The van der Waals surface area contributed by atoms with Gasteiger partial charge in [-0.05, 0) is 12.3 Å². The molecule has 0 amide bonds. The van der Waals surface area contributed by atoms with Crippen LogP contribution in [0.5, 0.6) is 0 Å². The van der Waals surface area contributed by atoms with E-state index in [1.807, 2.05) is 6.92 Å². The molecule has 0 nitrogen and oxygen atoms in total. The zero-order valence-corrected chi connectivity index (χ0v) is 7.69. The first-order chi connectivity index (χ1) is 4.95. The van der Waals surface area contributed by atoms with Crippen LogP contribution in [0.1, 0.15) is 13.3 Å². The molecule has 68 valence electrons. The summed E-state index contributed by atoms with van der Waals surface area (Å²) >= 11 is 5.43. The third kappa shape index (κ3) is 8.34. The van der Waals surface area contributed by atoms with Crippen molar-refractivity contribution in [2.75, 3.05) is 11.6 Å². The number of hydrogen-bond donors (Lipinski definition) is 0. The molecule has 0 spiro atoms. The highest BCUT2D eigenvalue weighted by Crippen LogP contribution is 2.31. The molecule has 0 aromatic carbocycles. The van der Waals surface area contributed by atoms with Crippen molar-refractivity contribution >= 4 is 23.4 Å². The molecule has 0 bridgehead atoms. The maximum atomic E-state index is 11.5. The Bertz CT molecular complexity index is 104. The zero-order valence-electron chi connectivity index (χ0n) is 6.12. The van der Waals surface area contributed by atoms with Crippen LogP contribution in [0.4, 0.5) is 13.2 Å². The average Bonchev–Trinajstić information content (AvgIpc) is 1.85. The van der Waals surface area contributed by atoms with Gasteiger partial charge in [-0.3, -0.25) is 0 Å². The molecular weight excluding hydrogens is 197 g/mol. The van der Waals surface area contributed by atoms with Crippen LogP contribution < -0.4 is 0 Å². The van der Waals surface area contributed by atoms with Crippen LogP contribution in [-0.2, 0) is 0 Å². The van der Waals surface area contributed by atoms with Gasteiger partial charge in [-0.1, -0.05) is 18.7 Å². The molecule has 0 aliphatic rings. The van der Waals surface area contributed by atoms with Gasteiger partial charge in [0.1, 0.15) is 0 Å². The largest absolute Gasteiger partial charge is 0.441 e. The SMILES string of the molecule is CC(CCl)CCSC(F)(F)F. The maximum absolute atomic E-state index is 11.5. The van der Waals surface area contributed by atoms with E-state index in [1.54, 1.807) is 0 Å². The number of thioether (sulfide) groups is 1. The molecule has 1 unspecified atom stereocenters. The number of halogens is 4. The van der Waals surface area contributed by atoms with E-state index in [0.29, 0.717) is 12.3 Å². The van der Waals surface area contributed by atoms with E-state index < -0.39 is 5.51 Å². The summed E-state index contributed by atoms with van der Waals surface area (Å²) in [5.41, 5.74) is -4.09. The average molecular weight is 207 g/mol. The predicted octanol–water partition coefficient (Wildman–Crippen LogP) is 3.50. The third-order valence-electron chi connectivity index (χ3n) is 1.14. The summed E-state index contributed by atoms with van der Waals surface area (Å²) in [7, 11) is 0. The standard InChI is InChI=1S/C6H10ClF3S/c1-5(4-7)2-3-11-6(8,9)10/h5H,2-4H2,1H3. The normalized spacial score (nSPS) is 15.0. The lowest BCUT2D eigenvalue weighted by atomic mass is 10.2. The lowest BCUT2D eigenvalue weighted by Gasteiger charge is -2.07. The van der Waals surface area contributed by atoms with Gasteiger partial charge >= 0.3 is 5.51 Å². The van der Waals surface area contributed by atoms with E-state index >= 15 is 0 Å². The second-order valence-corrected chi connectivity index (χ2v) is 3.81. The van der Waals surface area contributed by atoms with E-state index in [4.69, 9.17) is 11.6 Å². The molecule has 0 rings (SSSR count). The van der Waals surface area contributed by atoms with Gasteiger partial charge in [0.25, 0.3) is 0 Å². The Balaban J connectivity index is 3.28. The Morgan fingerprint density at radius 3 is 2.36 bits per heavy atom. The fraction of sp³-hybridized carbons (Fsp3) is 1.00. The van der Waals surface area contributed by atoms with Crippen LogP contribution in [0, 0.1) is 5.92 Å². The van der Waals surface area contributed by atoms with Gasteiger partial charge in [-0.2, -0.15) is 13.2 Å². The van der Waals surface area contributed by atoms with Gasteiger partial charge in [0.15, 0.2) is 0 Å². The molecule has 0 fully saturated rings. The van der Waals surface area contributed by atoms with Crippen molar-refractivity contribution < 1.29 is 13.2 Å². The minimum Gasteiger partial charge on any atom is -0.160 e. The second-order valence-electron chi connectivity index (χ2n) is 2.34. The minimum atomic E-state index is -4.09. The number of hydrogen-bond acceptors (Lipinski definition) is 1. The van der Waals surface area contributed by atoms with Gasteiger partial charge < -0.3 is 0 Å². The molecule has 0 aliphatic carbocycles. The summed E-state index contributed by atoms with van der Waals surface area (Å²) in [6.07, 6.45) is 0.522. The fourth-order valence-electron chi connectivity index (χ4n) is 0.453. The first-order valence-electron chi connectivity index (χ1n) is 3.22. The van der Waals surface area contributed by atoms with Crippen molar-refractivity contribution in [3.63, 3.8) is 0 Å².